The van der Waals surface area contributed by atoms with Crippen LogP contribution in [0.1, 0.15) is 31.9 Å². The molecule has 2 heterocycles. The third-order valence-corrected chi connectivity index (χ3v) is 4.03. The van der Waals surface area contributed by atoms with Gasteiger partial charge in [0.1, 0.15) is 6.54 Å². The molecule has 8 nitrogen and oxygen atoms in total. The number of carbonyl (C=O) groups is 2. The fraction of sp³-hybridized carbons (Fsp3) is 0.688. The molecule has 0 spiro atoms. The average Bonchev–Trinajstić information content (AvgIpc) is 2.78. The molecule has 1 aliphatic rings. The van der Waals surface area contributed by atoms with Crippen molar-refractivity contribution in [1.29, 1.82) is 0 Å². The Hall–Kier alpha value is -2.09. The van der Waals surface area contributed by atoms with E-state index in [-0.39, 0.29) is 24.4 Å². The van der Waals surface area contributed by atoms with Crippen LogP contribution in [0.15, 0.2) is 6.20 Å². The van der Waals surface area contributed by atoms with Gasteiger partial charge >= 0.3 is 6.03 Å². The predicted octanol–water partition coefficient (Wildman–Crippen LogP) is 1.26. The molecule has 0 bridgehead atoms. The second-order valence-electron chi connectivity index (χ2n) is 6.34. The molecule has 1 saturated heterocycles. The summed E-state index contributed by atoms with van der Waals surface area (Å²) in [5.74, 6) is 0.159. The van der Waals surface area contributed by atoms with Crippen LogP contribution < -0.4 is 5.32 Å². The standard InChI is InChI=1S/C16H27N5O3/c1-12(2)15-13(10-19(3)18-15)17-16(23)21-7-5-6-20(8-9-24-4)14(22)11-21/h10,12H,5-9,11H2,1-4H3,(H,17,23). The molecule has 1 aliphatic heterocycles. The summed E-state index contributed by atoms with van der Waals surface area (Å²) < 4.78 is 6.71. The van der Waals surface area contributed by atoms with Crippen LogP contribution in [0.3, 0.4) is 0 Å². The molecule has 0 atom stereocenters. The summed E-state index contributed by atoms with van der Waals surface area (Å²) in [6, 6.07) is -0.258. The van der Waals surface area contributed by atoms with E-state index in [9.17, 15) is 9.59 Å². The van der Waals surface area contributed by atoms with Crippen molar-refractivity contribution >= 4 is 17.6 Å². The molecule has 1 aromatic heterocycles. The van der Waals surface area contributed by atoms with E-state index in [1.165, 1.54) is 0 Å². The van der Waals surface area contributed by atoms with Gasteiger partial charge in [0.15, 0.2) is 0 Å². The lowest BCUT2D eigenvalue weighted by molar-refractivity contribution is -0.131. The van der Waals surface area contributed by atoms with E-state index in [1.54, 1.807) is 27.8 Å². The number of amides is 3. The zero-order valence-electron chi connectivity index (χ0n) is 14.9. The quantitative estimate of drug-likeness (QED) is 0.877. The molecule has 1 aromatic rings. The van der Waals surface area contributed by atoms with Crippen molar-refractivity contribution in [2.75, 3.05) is 45.2 Å². The number of anilines is 1. The highest BCUT2D eigenvalue weighted by atomic mass is 16.5. The van der Waals surface area contributed by atoms with Gasteiger partial charge in [-0.05, 0) is 12.3 Å². The molecule has 0 aromatic carbocycles. The minimum Gasteiger partial charge on any atom is -0.383 e. The summed E-state index contributed by atoms with van der Waals surface area (Å²) in [5.41, 5.74) is 1.54. The highest BCUT2D eigenvalue weighted by molar-refractivity contribution is 5.93. The third kappa shape index (κ3) is 4.47. The molecule has 0 radical (unpaired) electrons. The Morgan fingerprint density at radius 2 is 2.17 bits per heavy atom. The van der Waals surface area contributed by atoms with E-state index in [0.717, 1.165) is 12.1 Å². The normalized spacial score (nSPS) is 15.8. The van der Waals surface area contributed by atoms with Crippen LogP contribution in [0.25, 0.3) is 0 Å². The van der Waals surface area contributed by atoms with E-state index in [2.05, 4.69) is 10.4 Å². The van der Waals surface area contributed by atoms with E-state index in [0.29, 0.717) is 31.9 Å². The van der Waals surface area contributed by atoms with Gasteiger partial charge in [-0.25, -0.2) is 4.79 Å². The highest BCUT2D eigenvalue weighted by Gasteiger charge is 2.25. The second kappa shape index (κ2) is 8.14. The van der Waals surface area contributed by atoms with Crippen molar-refractivity contribution in [3.05, 3.63) is 11.9 Å². The van der Waals surface area contributed by atoms with Gasteiger partial charge in [-0.1, -0.05) is 13.8 Å². The Morgan fingerprint density at radius 3 is 2.83 bits per heavy atom. The molecule has 1 fully saturated rings. The van der Waals surface area contributed by atoms with Crippen molar-refractivity contribution in [2.45, 2.75) is 26.2 Å². The van der Waals surface area contributed by atoms with Gasteiger partial charge in [0, 0.05) is 40.0 Å². The lowest BCUT2D eigenvalue weighted by Crippen LogP contribution is -2.42. The first-order valence-electron chi connectivity index (χ1n) is 8.28. The average molecular weight is 337 g/mol. The molecule has 0 aliphatic carbocycles. The number of aryl methyl sites for hydroxylation is 1. The third-order valence-electron chi connectivity index (χ3n) is 4.03. The molecule has 0 unspecified atom stereocenters. The molecule has 0 saturated carbocycles. The largest absolute Gasteiger partial charge is 0.383 e. The number of aromatic nitrogens is 2. The van der Waals surface area contributed by atoms with Crippen LogP contribution in [-0.4, -0.2) is 71.4 Å². The molecule has 24 heavy (non-hydrogen) atoms. The number of nitrogens with zero attached hydrogens (tertiary/aromatic N) is 4. The van der Waals surface area contributed by atoms with Crippen molar-refractivity contribution < 1.29 is 14.3 Å². The van der Waals surface area contributed by atoms with Crippen molar-refractivity contribution in [1.82, 2.24) is 19.6 Å². The van der Waals surface area contributed by atoms with Gasteiger partial charge in [-0.15, -0.1) is 0 Å². The Labute approximate surface area is 142 Å². The molecular weight excluding hydrogens is 310 g/mol. The Bertz CT molecular complexity index is 584. The summed E-state index contributed by atoms with van der Waals surface area (Å²) in [6.45, 7) is 6.42. The van der Waals surface area contributed by atoms with Crippen molar-refractivity contribution in [3.63, 3.8) is 0 Å². The molecule has 8 heteroatoms. The van der Waals surface area contributed by atoms with Gasteiger partial charge < -0.3 is 19.9 Å². The number of urea groups is 1. The Morgan fingerprint density at radius 1 is 1.42 bits per heavy atom. The van der Waals surface area contributed by atoms with Gasteiger partial charge in [0.2, 0.25) is 5.91 Å². The molecule has 2 rings (SSSR count). The summed E-state index contributed by atoms with van der Waals surface area (Å²) in [7, 11) is 3.44. The van der Waals surface area contributed by atoms with Crippen LogP contribution in [-0.2, 0) is 16.6 Å². The lowest BCUT2D eigenvalue weighted by atomic mass is 10.1. The van der Waals surface area contributed by atoms with E-state index < -0.39 is 0 Å². The molecule has 3 amide bonds. The van der Waals surface area contributed by atoms with Crippen molar-refractivity contribution in [3.8, 4) is 0 Å². The van der Waals surface area contributed by atoms with Gasteiger partial charge in [0.25, 0.3) is 0 Å². The fourth-order valence-corrected chi connectivity index (χ4v) is 2.75. The number of ether oxygens (including phenoxy) is 1. The number of hydrogen-bond acceptors (Lipinski definition) is 4. The number of carbonyl (C=O) groups excluding carboxylic acids is 2. The first-order chi connectivity index (χ1) is 11.4. The minimum absolute atomic E-state index is 0.0463. The SMILES string of the molecule is COCCN1CCCN(C(=O)Nc2cn(C)nc2C(C)C)CC1=O. The number of hydrogen-bond donors (Lipinski definition) is 1. The summed E-state index contributed by atoms with van der Waals surface area (Å²) >= 11 is 0. The topological polar surface area (TPSA) is 79.7 Å². The maximum absolute atomic E-state index is 12.6. The minimum atomic E-state index is -0.258. The van der Waals surface area contributed by atoms with Crippen LogP contribution in [0, 0.1) is 0 Å². The van der Waals surface area contributed by atoms with Crippen LogP contribution in [0.5, 0.6) is 0 Å². The van der Waals surface area contributed by atoms with Gasteiger partial charge in [-0.2, -0.15) is 5.10 Å². The summed E-state index contributed by atoms with van der Waals surface area (Å²) in [5, 5.41) is 7.28. The number of methoxy groups -OCH3 is 1. The zero-order valence-corrected chi connectivity index (χ0v) is 14.9. The first-order valence-corrected chi connectivity index (χ1v) is 8.28. The summed E-state index contributed by atoms with van der Waals surface area (Å²) in [6.07, 6.45) is 2.55. The molecule has 134 valence electrons. The van der Waals surface area contributed by atoms with Crippen molar-refractivity contribution in [2.24, 2.45) is 7.05 Å². The Kier molecular flexibility index (Phi) is 6.19. The molecular formula is C16H27N5O3. The zero-order chi connectivity index (χ0) is 17.7. The predicted molar refractivity (Wildman–Crippen MR) is 91.0 cm³/mol. The number of nitrogens with one attached hydrogen (secondary N) is 1. The van der Waals surface area contributed by atoms with Gasteiger partial charge in [-0.3, -0.25) is 9.48 Å². The van der Waals surface area contributed by atoms with Crippen LogP contribution in [0.2, 0.25) is 0 Å². The first kappa shape index (κ1) is 18.3. The van der Waals surface area contributed by atoms with Crippen LogP contribution >= 0.6 is 0 Å². The maximum atomic E-state index is 12.6. The smallest absolute Gasteiger partial charge is 0.322 e. The fourth-order valence-electron chi connectivity index (χ4n) is 2.75. The monoisotopic (exact) mass is 337 g/mol. The van der Waals surface area contributed by atoms with E-state index in [4.69, 9.17) is 4.74 Å². The lowest BCUT2D eigenvalue weighted by Gasteiger charge is -2.22. The number of rotatable bonds is 5. The van der Waals surface area contributed by atoms with E-state index in [1.807, 2.05) is 20.9 Å². The van der Waals surface area contributed by atoms with E-state index >= 15 is 0 Å². The Balaban J connectivity index is 2.01. The maximum Gasteiger partial charge on any atom is 0.322 e. The second-order valence-corrected chi connectivity index (χ2v) is 6.34. The molecule has 1 N–H and O–H groups in total. The summed E-state index contributed by atoms with van der Waals surface area (Å²) in [4.78, 5) is 28.2. The highest BCUT2D eigenvalue weighted by Crippen LogP contribution is 2.22. The van der Waals surface area contributed by atoms with Gasteiger partial charge in [0.05, 0.1) is 18.0 Å². The van der Waals surface area contributed by atoms with Crippen LogP contribution in [0.4, 0.5) is 10.5 Å².